The Morgan fingerprint density at radius 3 is 2.55 bits per heavy atom. The van der Waals surface area contributed by atoms with Gasteiger partial charge in [-0.25, -0.2) is 0 Å². The monoisotopic (exact) mass is 273 g/mol. The van der Waals surface area contributed by atoms with Crippen LogP contribution in [0.15, 0.2) is 24.3 Å². The summed E-state index contributed by atoms with van der Waals surface area (Å²) in [5.74, 6) is 1.32. The molecule has 0 saturated carbocycles. The van der Waals surface area contributed by atoms with Crippen LogP contribution < -0.4 is 10.5 Å². The zero-order chi connectivity index (χ0) is 14.7. The Kier molecular flexibility index (Phi) is 4.45. The minimum atomic E-state index is 0.474. The number of hydrogen-bond donors (Lipinski definition) is 1. The minimum Gasteiger partial charge on any atom is -0.496 e. The number of nitrogens with zero attached hydrogens (tertiary/aromatic N) is 2. The van der Waals surface area contributed by atoms with Crippen LogP contribution in [0, 0.1) is 0 Å². The summed E-state index contributed by atoms with van der Waals surface area (Å²) in [5.41, 5.74) is 10.0. The molecule has 2 rings (SSSR count). The Labute approximate surface area is 120 Å². The molecule has 0 aliphatic heterocycles. The summed E-state index contributed by atoms with van der Waals surface area (Å²) >= 11 is 0. The van der Waals surface area contributed by atoms with Crippen molar-refractivity contribution >= 4 is 0 Å². The van der Waals surface area contributed by atoms with E-state index in [1.165, 1.54) is 5.56 Å². The van der Waals surface area contributed by atoms with Crippen molar-refractivity contribution in [1.29, 1.82) is 0 Å². The number of aryl methyl sites for hydroxylation is 1. The van der Waals surface area contributed by atoms with Gasteiger partial charge in [-0.1, -0.05) is 19.9 Å². The number of nitrogens with two attached hydrogens (primary N) is 1. The summed E-state index contributed by atoms with van der Waals surface area (Å²) in [7, 11) is 1.69. The lowest BCUT2D eigenvalue weighted by atomic mass is 9.99. The summed E-state index contributed by atoms with van der Waals surface area (Å²) in [6.45, 7) is 7.74. The quantitative estimate of drug-likeness (QED) is 0.910. The van der Waals surface area contributed by atoms with Crippen molar-refractivity contribution in [3.63, 3.8) is 0 Å². The maximum absolute atomic E-state index is 5.77. The fourth-order valence-electron chi connectivity index (χ4n) is 2.31. The van der Waals surface area contributed by atoms with Crippen LogP contribution in [0.4, 0.5) is 0 Å². The maximum atomic E-state index is 5.77. The average Bonchev–Trinajstić information content (AvgIpc) is 2.89. The first-order chi connectivity index (χ1) is 9.60. The first-order valence-corrected chi connectivity index (χ1v) is 7.05. The minimum absolute atomic E-state index is 0.474. The van der Waals surface area contributed by atoms with Crippen LogP contribution in [-0.2, 0) is 13.1 Å². The molecule has 0 atom stereocenters. The van der Waals surface area contributed by atoms with Gasteiger partial charge in [0.05, 0.1) is 18.5 Å². The van der Waals surface area contributed by atoms with Crippen LogP contribution in [0.3, 0.4) is 0 Å². The molecule has 4 heteroatoms. The van der Waals surface area contributed by atoms with E-state index in [1.807, 2.05) is 16.8 Å². The van der Waals surface area contributed by atoms with E-state index in [2.05, 4.69) is 38.0 Å². The van der Waals surface area contributed by atoms with E-state index in [9.17, 15) is 0 Å². The van der Waals surface area contributed by atoms with Gasteiger partial charge in [-0.2, -0.15) is 5.10 Å². The molecule has 2 aromatic rings. The Hall–Kier alpha value is -1.81. The van der Waals surface area contributed by atoms with Crippen LogP contribution in [0.25, 0.3) is 11.3 Å². The van der Waals surface area contributed by atoms with Gasteiger partial charge in [0.2, 0.25) is 0 Å². The van der Waals surface area contributed by atoms with E-state index in [0.29, 0.717) is 12.5 Å². The average molecular weight is 273 g/mol. The summed E-state index contributed by atoms with van der Waals surface area (Å²) in [6.07, 6.45) is 0. The molecule has 0 aliphatic carbocycles. The highest BCUT2D eigenvalue weighted by Crippen LogP contribution is 2.32. The second-order valence-corrected chi connectivity index (χ2v) is 5.16. The second-order valence-electron chi connectivity index (χ2n) is 5.16. The van der Waals surface area contributed by atoms with Gasteiger partial charge in [-0.05, 0) is 36.6 Å². The third-order valence-corrected chi connectivity index (χ3v) is 3.54. The van der Waals surface area contributed by atoms with Gasteiger partial charge in [0, 0.05) is 18.7 Å². The van der Waals surface area contributed by atoms with Crippen LogP contribution >= 0.6 is 0 Å². The largest absolute Gasteiger partial charge is 0.496 e. The van der Waals surface area contributed by atoms with Gasteiger partial charge < -0.3 is 10.5 Å². The number of methoxy groups -OCH3 is 1. The molecule has 0 amide bonds. The third-order valence-electron chi connectivity index (χ3n) is 3.54. The number of rotatable bonds is 5. The smallest absolute Gasteiger partial charge is 0.128 e. The first-order valence-electron chi connectivity index (χ1n) is 7.05. The van der Waals surface area contributed by atoms with Crippen LogP contribution in [-0.4, -0.2) is 16.9 Å². The summed E-state index contributed by atoms with van der Waals surface area (Å²) in [4.78, 5) is 0. The highest BCUT2D eigenvalue weighted by Gasteiger charge is 2.13. The summed E-state index contributed by atoms with van der Waals surface area (Å²) < 4.78 is 7.41. The lowest BCUT2D eigenvalue weighted by Gasteiger charge is -2.11. The fraction of sp³-hybridized carbons (Fsp3) is 0.438. The van der Waals surface area contributed by atoms with Crippen molar-refractivity contribution in [2.24, 2.45) is 5.73 Å². The van der Waals surface area contributed by atoms with Crippen molar-refractivity contribution in [2.45, 2.75) is 39.8 Å². The van der Waals surface area contributed by atoms with Gasteiger partial charge in [-0.15, -0.1) is 0 Å². The molecule has 0 unspecified atom stereocenters. The van der Waals surface area contributed by atoms with Gasteiger partial charge in [0.25, 0.3) is 0 Å². The predicted octanol–water partition coefficient (Wildman–Crippen LogP) is 3.16. The van der Waals surface area contributed by atoms with Crippen molar-refractivity contribution in [2.75, 3.05) is 7.11 Å². The van der Waals surface area contributed by atoms with Crippen LogP contribution in [0.1, 0.15) is 37.9 Å². The van der Waals surface area contributed by atoms with Crippen molar-refractivity contribution in [3.8, 4) is 17.0 Å². The highest BCUT2D eigenvalue weighted by atomic mass is 16.5. The van der Waals surface area contributed by atoms with E-state index in [0.717, 1.165) is 29.2 Å². The molecule has 0 bridgehead atoms. The number of benzene rings is 1. The van der Waals surface area contributed by atoms with Gasteiger partial charge in [0.15, 0.2) is 0 Å². The Morgan fingerprint density at radius 1 is 1.30 bits per heavy atom. The SMILES string of the molecule is CCn1nc(-c2cc(C(C)C)ccc2OC)cc1CN. The lowest BCUT2D eigenvalue weighted by molar-refractivity contribution is 0.416. The van der Waals surface area contributed by atoms with E-state index in [4.69, 9.17) is 10.5 Å². The molecular formula is C16H23N3O. The summed E-state index contributed by atoms with van der Waals surface area (Å²) in [6, 6.07) is 8.32. The van der Waals surface area contributed by atoms with Gasteiger partial charge in [0.1, 0.15) is 5.75 Å². The third kappa shape index (κ3) is 2.70. The predicted molar refractivity (Wildman–Crippen MR) is 81.9 cm³/mol. The van der Waals surface area contributed by atoms with Gasteiger partial charge >= 0.3 is 0 Å². The number of ether oxygens (including phenoxy) is 1. The number of hydrogen-bond acceptors (Lipinski definition) is 3. The molecule has 2 N–H and O–H groups in total. The Balaban J connectivity index is 2.54. The molecule has 0 saturated heterocycles. The molecule has 108 valence electrons. The molecule has 0 spiro atoms. The zero-order valence-electron chi connectivity index (χ0n) is 12.7. The lowest BCUT2D eigenvalue weighted by Crippen LogP contribution is -2.06. The maximum Gasteiger partial charge on any atom is 0.128 e. The molecule has 0 radical (unpaired) electrons. The van der Waals surface area contributed by atoms with Crippen LogP contribution in [0.2, 0.25) is 0 Å². The molecule has 4 nitrogen and oxygen atoms in total. The molecule has 1 aromatic carbocycles. The van der Waals surface area contributed by atoms with E-state index >= 15 is 0 Å². The van der Waals surface area contributed by atoms with Crippen LogP contribution in [0.5, 0.6) is 5.75 Å². The fourth-order valence-corrected chi connectivity index (χ4v) is 2.31. The van der Waals surface area contributed by atoms with Crippen molar-refractivity contribution in [1.82, 2.24) is 9.78 Å². The Bertz CT molecular complexity index is 566. The molecule has 0 aliphatic rings. The molecular weight excluding hydrogens is 250 g/mol. The molecule has 1 aromatic heterocycles. The van der Waals surface area contributed by atoms with Crippen molar-refractivity contribution in [3.05, 3.63) is 35.5 Å². The topological polar surface area (TPSA) is 53.1 Å². The highest BCUT2D eigenvalue weighted by molar-refractivity contribution is 5.68. The zero-order valence-corrected chi connectivity index (χ0v) is 12.7. The van der Waals surface area contributed by atoms with Gasteiger partial charge in [-0.3, -0.25) is 4.68 Å². The second kappa shape index (κ2) is 6.09. The molecule has 20 heavy (non-hydrogen) atoms. The van der Waals surface area contributed by atoms with E-state index in [1.54, 1.807) is 7.11 Å². The van der Waals surface area contributed by atoms with E-state index < -0.39 is 0 Å². The first kappa shape index (κ1) is 14.6. The number of aromatic nitrogens is 2. The normalized spacial score (nSPS) is 11.1. The summed E-state index contributed by atoms with van der Waals surface area (Å²) in [5, 5.41) is 4.64. The standard InChI is InChI=1S/C16H23N3O/c1-5-19-13(10-17)9-15(18-19)14-8-12(11(2)3)6-7-16(14)20-4/h6-9,11H,5,10,17H2,1-4H3. The van der Waals surface area contributed by atoms with E-state index in [-0.39, 0.29) is 0 Å². The Morgan fingerprint density at radius 2 is 2.05 bits per heavy atom. The molecule has 1 heterocycles. The molecule has 0 fully saturated rings. The van der Waals surface area contributed by atoms with Crippen molar-refractivity contribution < 1.29 is 4.74 Å².